The summed E-state index contributed by atoms with van der Waals surface area (Å²) in [6.45, 7) is 3.70. The molecule has 0 fully saturated rings. The normalized spacial score (nSPS) is 12.0. The van der Waals surface area contributed by atoms with E-state index < -0.39 is 6.10 Å². The molecule has 0 bridgehead atoms. The number of hydrogen-bond acceptors (Lipinski definition) is 6. The maximum Gasteiger partial charge on any atom is 0.266 e. The Kier molecular flexibility index (Phi) is 5.84. The summed E-state index contributed by atoms with van der Waals surface area (Å²) in [5.41, 5.74) is 0. The molecule has 112 valence electrons. The van der Waals surface area contributed by atoms with Gasteiger partial charge in [-0.15, -0.1) is 10.2 Å². The molecule has 0 spiro atoms. The van der Waals surface area contributed by atoms with Gasteiger partial charge in [0.05, 0.1) is 0 Å². The van der Waals surface area contributed by atoms with E-state index in [-0.39, 0.29) is 5.91 Å². The third-order valence-electron chi connectivity index (χ3n) is 2.38. The van der Waals surface area contributed by atoms with Crippen LogP contribution in [0, 0.1) is 0 Å². The van der Waals surface area contributed by atoms with Crippen molar-refractivity contribution in [2.24, 2.45) is 0 Å². The predicted octanol–water partition coefficient (Wildman–Crippen LogP) is 3.71. The smallest absolute Gasteiger partial charge is 0.266 e. The van der Waals surface area contributed by atoms with Crippen molar-refractivity contribution in [3.63, 3.8) is 0 Å². The highest BCUT2D eigenvalue weighted by molar-refractivity contribution is 8.01. The molecule has 1 aromatic carbocycles. The number of benzene rings is 1. The van der Waals surface area contributed by atoms with Gasteiger partial charge in [-0.05, 0) is 30.9 Å². The molecule has 0 radical (unpaired) electrons. The molecule has 1 atom stereocenters. The number of amides is 1. The Hall–Kier alpha value is -1.31. The van der Waals surface area contributed by atoms with Crippen molar-refractivity contribution in [1.82, 2.24) is 10.2 Å². The maximum atomic E-state index is 12.0. The van der Waals surface area contributed by atoms with Crippen LogP contribution < -0.4 is 10.1 Å². The molecule has 0 saturated carbocycles. The van der Waals surface area contributed by atoms with Crippen LogP contribution in [0.25, 0.3) is 0 Å². The van der Waals surface area contributed by atoms with Gasteiger partial charge in [-0.2, -0.15) is 0 Å². The van der Waals surface area contributed by atoms with Gasteiger partial charge >= 0.3 is 0 Å². The fourth-order valence-corrected chi connectivity index (χ4v) is 3.28. The first-order valence-electron chi connectivity index (χ1n) is 6.28. The molecule has 2 rings (SSSR count). The third-order valence-corrected chi connectivity index (χ3v) is 4.47. The summed E-state index contributed by atoms with van der Waals surface area (Å²) in [7, 11) is 0. The van der Waals surface area contributed by atoms with Crippen molar-refractivity contribution in [1.29, 1.82) is 0 Å². The van der Waals surface area contributed by atoms with E-state index in [1.807, 2.05) is 6.92 Å². The second-order valence-electron chi connectivity index (χ2n) is 4.01. The Balaban J connectivity index is 1.92. The molecule has 1 aromatic heterocycles. The lowest BCUT2D eigenvalue weighted by Crippen LogP contribution is -2.30. The molecule has 0 aliphatic carbocycles. The lowest BCUT2D eigenvalue weighted by Gasteiger charge is -2.13. The summed E-state index contributed by atoms with van der Waals surface area (Å²) in [6.07, 6.45) is -0.658. The zero-order valence-electron chi connectivity index (χ0n) is 11.5. The second-order valence-corrected chi connectivity index (χ2v) is 6.94. The van der Waals surface area contributed by atoms with E-state index >= 15 is 0 Å². The van der Waals surface area contributed by atoms with Crippen molar-refractivity contribution in [2.45, 2.75) is 24.3 Å². The zero-order valence-corrected chi connectivity index (χ0v) is 13.9. The molecule has 0 aliphatic heterocycles. The Morgan fingerprint density at radius 2 is 2.33 bits per heavy atom. The van der Waals surface area contributed by atoms with Crippen molar-refractivity contribution in [3.8, 4) is 5.75 Å². The average Bonchev–Trinajstić information content (AvgIpc) is 2.86. The molecule has 1 amide bonds. The van der Waals surface area contributed by atoms with Gasteiger partial charge in [0.15, 0.2) is 10.4 Å². The minimum Gasteiger partial charge on any atom is -0.481 e. The van der Waals surface area contributed by atoms with Gasteiger partial charge in [0.2, 0.25) is 5.13 Å². The fourth-order valence-electron chi connectivity index (χ4n) is 1.45. The molecule has 21 heavy (non-hydrogen) atoms. The Labute approximate surface area is 136 Å². The number of thioether (sulfide) groups is 1. The molecule has 1 N–H and O–H groups in total. The number of hydrogen-bond donors (Lipinski definition) is 1. The first kappa shape index (κ1) is 16.1. The van der Waals surface area contributed by atoms with Gasteiger partial charge in [0.25, 0.3) is 5.91 Å². The van der Waals surface area contributed by atoms with E-state index in [1.165, 1.54) is 11.3 Å². The number of ether oxygens (including phenoxy) is 1. The molecular formula is C13H14ClN3O2S2. The van der Waals surface area contributed by atoms with E-state index in [0.717, 1.165) is 10.1 Å². The second kappa shape index (κ2) is 7.63. The largest absolute Gasteiger partial charge is 0.481 e. The van der Waals surface area contributed by atoms with E-state index in [2.05, 4.69) is 15.5 Å². The SMILES string of the molecule is CCSc1nnc(NC(=O)C(C)Oc2cccc(Cl)c2)s1. The van der Waals surface area contributed by atoms with Gasteiger partial charge in [0.1, 0.15) is 5.75 Å². The lowest BCUT2D eigenvalue weighted by atomic mass is 10.3. The van der Waals surface area contributed by atoms with Crippen LogP contribution in [-0.2, 0) is 4.79 Å². The molecule has 5 nitrogen and oxygen atoms in total. The van der Waals surface area contributed by atoms with Crippen LogP contribution in [-0.4, -0.2) is 28.0 Å². The summed E-state index contributed by atoms with van der Waals surface area (Å²) >= 11 is 8.80. The van der Waals surface area contributed by atoms with E-state index in [1.54, 1.807) is 43.0 Å². The maximum absolute atomic E-state index is 12.0. The number of halogens is 1. The van der Waals surface area contributed by atoms with Gasteiger partial charge in [-0.1, -0.05) is 47.7 Å². The number of rotatable bonds is 6. The molecule has 0 saturated heterocycles. The van der Waals surface area contributed by atoms with Gasteiger partial charge < -0.3 is 4.74 Å². The first-order chi connectivity index (χ1) is 10.1. The Morgan fingerprint density at radius 3 is 3.05 bits per heavy atom. The minimum atomic E-state index is -0.658. The van der Waals surface area contributed by atoms with Crippen LogP contribution in [0.5, 0.6) is 5.75 Å². The van der Waals surface area contributed by atoms with Crippen LogP contribution in [0.15, 0.2) is 28.6 Å². The van der Waals surface area contributed by atoms with Gasteiger partial charge in [-0.25, -0.2) is 0 Å². The highest BCUT2D eigenvalue weighted by Crippen LogP contribution is 2.25. The third kappa shape index (κ3) is 4.87. The van der Waals surface area contributed by atoms with Crippen LogP contribution in [0.3, 0.4) is 0 Å². The predicted molar refractivity (Wildman–Crippen MR) is 86.5 cm³/mol. The molecule has 2 aromatic rings. The topological polar surface area (TPSA) is 64.1 Å². The number of anilines is 1. The average molecular weight is 344 g/mol. The van der Waals surface area contributed by atoms with E-state index in [0.29, 0.717) is 15.9 Å². The molecule has 1 heterocycles. The number of aromatic nitrogens is 2. The fraction of sp³-hybridized carbons (Fsp3) is 0.308. The molecule has 8 heteroatoms. The summed E-state index contributed by atoms with van der Waals surface area (Å²) < 4.78 is 6.37. The highest BCUT2D eigenvalue weighted by atomic mass is 35.5. The van der Waals surface area contributed by atoms with Gasteiger partial charge in [-0.3, -0.25) is 10.1 Å². The monoisotopic (exact) mass is 343 g/mol. The first-order valence-corrected chi connectivity index (χ1v) is 8.46. The molecule has 1 unspecified atom stereocenters. The van der Waals surface area contributed by atoms with E-state index in [4.69, 9.17) is 16.3 Å². The number of nitrogens with zero attached hydrogens (tertiary/aromatic N) is 2. The van der Waals surface area contributed by atoms with Crippen molar-refractivity contribution in [2.75, 3.05) is 11.1 Å². The number of carbonyl (C=O) groups excluding carboxylic acids is 1. The summed E-state index contributed by atoms with van der Waals surface area (Å²) in [5, 5.41) is 11.6. The van der Waals surface area contributed by atoms with E-state index in [9.17, 15) is 4.79 Å². The summed E-state index contributed by atoms with van der Waals surface area (Å²) in [5.74, 6) is 1.18. The zero-order chi connectivity index (χ0) is 15.2. The van der Waals surface area contributed by atoms with Crippen molar-refractivity contribution in [3.05, 3.63) is 29.3 Å². The Bertz CT molecular complexity index is 621. The summed E-state index contributed by atoms with van der Waals surface area (Å²) in [4.78, 5) is 12.0. The van der Waals surface area contributed by atoms with Crippen molar-refractivity contribution < 1.29 is 9.53 Å². The minimum absolute atomic E-state index is 0.279. The molecular weight excluding hydrogens is 330 g/mol. The van der Waals surface area contributed by atoms with Crippen LogP contribution in [0.1, 0.15) is 13.8 Å². The number of carbonyl (C=O) groups is 1. The van der Waals surface area contributed by atoms with Crippen LogP contribution >= 0.6 is 34.7 Å². The highest BCUT2D eigenvalue weighted by Gasteiger charge is 2.17. The van der Waals surface area contributed by atoms with Gasteiger partial charge in [0, 0.05) is 5.02 Å². The van der Waals surface area contributed by atoms with Crippen LogP contribution in [0.2, 0.25) is 5.02 Å². The van der Waals surface area contributed by atoms with Crippen molar-refractivity contribution >= 4 is 45.7 Å². The standard InChI is InChI=1S/C13H14ClN3O2S2/c1-3-20-13-17-16-12(21-13)15-11(18)8(2)19-10-6-4-5-9(14)7-10/h4-8H,3H2,1-2H3,(H,15,16,18). The molecule has 0 aliphatic rings. The number of nitrogens with one attached hydrogen (secondary N) is 1. The van der Waals surface area contributed by atoms with Crippen LogP contribution in [0.4, 0.5) is 5.13 Å². The lowest BCUT2D eigenvalue weighted by molar-refractivity contribution is -0.122. The Morgan fingerprint density at radius 1 is 1.52 bits per heavy atom. The quantitative estimate of drug-likeness (QED) is 0.640. The summed E-state index contributed by atoms with van der Waals surface area (Å²) in [6, 6.07) is 6.91.